The summed E-state index contributed by atoms with van der Waals surface area (Å²) in [7, 11) is 0. The molecule has 1 aromatic heterocycles. The smallest absolute Gasteiger partial charge is 0.250 e. The summed E-state index contributed by atoms with van der Waals surface area (Å²) in [6.45, 7) is 5.31. The predicted molar refractivity (Wildman–Crippen MR) is 68.0 cm³/mol. The van der Waals surface area contributed by atoms with Gasteiger partial charge in [-0.2, -0.15) is 0 Å². The lowest BCUT2D eigenvalue weighted by Gasteiger charge is -2.12. The Labute approximate surface area is 112 Å². The number of carbonyl (C=O) groups is 2. The van der Waals surface area contributed by atoms with E-state index in [9.17, 15) is 9.59 Å². The third-order valence-electron chi connectivity index (χ3n) is 2.95. The minimum Gasteiger partial charge on any atom is -0.309 e. The van der Waals surface area contributed by atoms with Crippen LogP contribution >= 0.6 is 0 Å². The zero-order valence-electron chi connectivity index (χ0n) is 11.3. The highest BCUT2D eigenvalue weighted by Gasteiger charge is 2.26. The maximum Gasteiger partial charge on any atom is 0.250 e. The second kappa shape index (κ2) is 5.92. The second-order valence-corrected chi connectivity index (χ2v) is 4.99. The molecule has 0 bridgehead atoms. The van der Waals surface area contributed by atoms with Gasteiger partial charge < -0.3 is 5.32 Å². The molecule has 1 saturated heterocycles. The summed E-state index contributed by atoms with van der Waals surface area (Å²) in [4.78, 5) is 24.6. The van der Waals surface area contributed by atoms with E-state index in [1.807, 2.05) is 13.8 Å². The van der Waals surface area contributed by atoms with Gasteiger partial charge in [0.1, 0.15) is 6.54 Å². The lowest BCUT2D eigenvalue weighted by Crippen LogP contribution is -2.34. The summed E-state index contributed by atoms with van der Waals surface area (Å²) < 4.78 is 1.48. The number of hydrogen-bond acceptors (Lipinski definition) is 5. The molecule has 0 atom stereocenters. The number of carbonyl (C=O) groups excluding carboxylic acids is 2. The highest BCUT2D eigenvalue weighted by Crippen LogP contribution is 2.10. The zero-order valence-corrected chi connectivity index (χ0v) is 11.3. The first-order valence-corrected chi connectivity index (χ1v) is 6.52. The van der Waals surface area contributed by atoms with Gasteiger partial charge in [0.15, 0.2) is 0 Å². The molecule has 0 saturated carbocycles. The fourth-order valence-electron chi connectivity index (χ4n) is 1.94. The third kappa shape index (κ3) is 3.60. The molecule has 1 aromatic rings. The Hall–Kier alpha value is -1.76. The van der Waals surface area contributed by atoms with Crippen molar-refractivity contribution in [1.29, 1.82) is 0 Å². The standard InChI is InChI=1S/C12H19N5O2/c1-9(2)13-6-10-7-16(15-14-10)8-12(19)17-5-3-4-11(17)18/h7,9,13H,3-6,8H2,1-2H3. The number of nitrogens with zero attached hydrogens (tertiary/aromatic N) is 4. The van der Waals surface area contributed by atoms with E-state index in [-0.39, 0.29) is 18.4 Å². The SMILES string of the molecule is CC(C)NCc1cn(CC(=O)N2CCCC2=O)nn1. The van der Waals surface area contributed by atoms with Crippen molar-refractivity contribution in [2.75, 3.05) is 6.54 Å². The molecule has 2 heterocycles. The van der Waals surface area contributed by atoms with Gasteiger partial charge in [0, 0.05) is 25.6 Å². The number of aromatic nitrogens is 3. The van der Waals surface area contributed by atoms with Gasteiger partial charge >= 0.3 is 0 Å². The van der Waals surface area contributed by atoms with Crippen LogP contribution in [0.15, 0.2) is 6.20 Å². The molecular formula is C12H19N5O2. The second-order valence-electron chi connectivity index (χ2n) is 4.99. The lowest BCUT2D eigenvalue weighted by atomic mass is 10.3. The summed E-state index contributed by atoms with van der Waals surface area (Å²) >= 11 is 0. The van der Waals surface area contributed by atoms with E-state index in [1.54, 1.807) is 6.20 Å². The third-order valence-corrected chi connectivity index (χ3v) is 2.95. The van der Waals surface area contributed by atoms with Crippen molar-refractivity contribution >= 4 is 11.8 Å². The van der Waals surface area contributed by atoms with E-state index in [1.165, 1.54) is 9.58 Å². The first kappa shape index (κ1) is 13.7. The highest BCUT2D eigenvalue weighted by molar-refractivity contribution is 5.96. The summed E-state index contributed by atoms with van der Waals surface area (Å²) in [6, 6.07) is 0.369. The van der Waals surface area contributed by atoms with Crippen molar-refractivity contribution in [3.8, 4) is 0 Å². The van der Waals surface area contributed by atoms with Crippen LogP contribution in [0.3, 0.4) is 0 Å². The molecule has 1 aliphatic heterocycles. The molecule has 0 spiro atoms. The summed E-state index contributed by atoms with van der Waals surface area (Å²) in [6.07, 6.45) is 2.95. The molecule has 1 N–H and O–H groups in total. The Morgan fingerprint density at radius 1 is 1.53 bits per heavy atom. The van der Waals surface area contributed by atoms with E-state index < -0.39 is 0 Å². The Bertz CT molecular complexity index is 468. The van der Waals surface area contributed by atoms with Crippen LogP contribution in [0.1, 0.15) is 32.4 Å². The molecule has 0 aromatic carbocycles. The summed E-state index contributed by atoms with van der Waals surface area (Å²) in [5.74, 6) is -0.303. The molecule has 1 aliphatic rings. The van der Waals surface area contributed by atoms with Crippen LogP contribution in [0.25, 0.3) is 0 Å². The Morgan fingerprint density at radius 2 is 2.32 bits per heavy atom. The number of nitrogens with one attached hydrogen (secondary N) is 1. The van der Waals surface area contributed by atoms with Gasteiger partial charge in [-0.1, -0.05) is 19.1 Å². The number of likely N-dealkylation sites (tertiary alicyclic amines) is 1. The Balaban J connectivity index is 1.89. The van der Waals surface area contributed by atoms with Crippen LogP contribution in [0.5, 0.6) is 0 Å². The van der Waals surface area contributed by atoms with Crippen molar-refractivity contribution in [2.45, 2.75) is 45.8 Å². The van der Waals surface area contributed by atoms with Gasteiger partial charge in [0.05, 0.1) is 11.9 Å². The first-order chi connectivity index (χ1) is 9.06. The topological polar surface area (TPSA) is 80.1 Å². The lowest BCUT2D eigenvalue weighted by molar-refractivity contribution is -0.142. The average molecular weight is 265 g/mol. The van der Waals surface area contributed by atoms with Crippen LogP contribution in [0.4, 0.5) is 0 Å². The molecule has 2 rings (SSSR count). The molecule has 2 amide bonds. The fourth-order valence-corrected chi connectivity index (χ4v) is 1.94. The first-order valence-electron chi connectivity index (χ1n) is 6.52. The van der Waals surface area contributed by atoms with Gasteiger partial charge in [-0.05, 0) is 6.42 Å². The van der Waals surface area contributed by atoms with E-state index in [0.29, 0.717) is 25.6 Å². The molecule has 19 heavy (non-hydrogen) atoms. The molecule has 104 valence electrons. The number of amides is 2. The number of rotatable bonds is 5. The maximum absolute atomic E-state index is 11.9. The average Bonchev–Trinajstić information content (AvgIpc) is 2.95. The highest BCUT2D eigenvalue weighted by atomic mass is 16.2. The monoisotopic (exact) mass is 265 g/mol. The predicted octanol–water partition coefficient (Wildman–Crippen LogP) is -0.0749. The Kier molecular flexibility index (Phi) is 4.26. The van der Waals surface area contributed by atoms with Crippen molar-refractivity contribution in [1.82, 2.24) is 25.2 Å². The molecule has 7 heteroatoms. The van der Waals surface area contributed by atoms with Crippen LogP contribution in [-0.2, 0) is 22.7 Å². The summed E-state index contributed by atoms with van der Waals surface area (Å²) in [5.41, 5.74) is 0.786. The molecule has 1 fully saturated rings. The van der Waals surface area contributed by atoms with Crippen molar-refractivity contribution < 1.29 is 9.59 Å². The van der Waals surface area contributed by atoms with E-state index >= 15 is 0 Å². The minimum atomic E-state index is -0.212. The number of hydrogen-bond donors (Lipinski definition) is 1. The van der Waals surface area contributed by atoms with Crippen molar-refractivity contribution in [3.05, 3.63) is 11.9 Å². The Morgan fingerprint density at radius 3 is 2.95 bits per heavy atom. The van der Waals surface area contributed by atoms with Gasteiger partial charge in [-0.3, -0.25) is 14.5 Å². The van der Waals surface area contributed by atoms with E-state index in [2.05, 4.69) is 15.6 Å². The van der Waals surface area contributed by atoms with Gasteiger partial charge in [-0.25, -0.2) is 4.68 Å². The van der Waals surface area contributed by atoms with Crippen LogP contribution in [0, 0.1) is 0 Å². The van der Waals surface area contributed by atoms with Gasteiger partial charge in [0.25, 0.3) is 5.91 Å². The van der Waals surface area contributed by atoms with Crippen LogP contribution in [-0.4, -0.2) is 44.3 Å². The minimum absolute atomic E-state index is 0.0699. The van der Waals surface area contributed by atoms with Crippen LogP contribution in [0.2, 0.25) is 0 Å². The van der Waals surface area contributed by atoms with E-state index in [0.717, 1.165) is 12.1 Å². The quantitative estimate of drug-likeness (QED) is 0.805. The van der Waals surface area contributed by atoms with Gasteiger partial charge in [-0.15, -0.1) is 5.10 Å². The molecule has 0 radical (unpaired) electrons. The zero-order chi connectivity index (χ0) is 13.8. The van der Waals surface area contributed by atoms with Crippen molar-refractivity contribution in [2.24, 2.45) is 0 Å². The van der Waals surface area contributed by atoms with Crippen LogP contribution < -0.4 is 5.32 Å². The fraction of sp³-hybridized carbons (Fsp3) is 0.667. The maximum atomic E-state index is 11.9. The number of imide groups is 1. The van der Waals surface area contributed by atoms with Crippen molar-refractivity contribution in [3.63, 3.8) is 0 Å². The molecule has 0 aliphatic carbocycles. The normalized spacial score (nSPS) is 15.5. The largest absolute Gasteiger partial charge is 0.309 e. The summed E-state index contributed by atoms with van der Waals surface area (Å²) in [5, 5.41) is 11.1. The molecule has 0 unspecified atom stereocenters. The molecular weight excluding hydrogens is 246 g/mol. The van der Waals surface area contributed by atoms with E-state index in [4.69, 9.17) is 0 Å². The van der Waals surface area contributed by atoms with Gasteiger partial charge in [0.2, 0.25) is 5.91 Å². The molecule has 7 nitrogen and oxygen atoms in total.